The van der Waals surface area contributed by atoms with Gasteiger partial charge in [0.15, 0.2) is 0 Å². The molecule has 1 aliphatic rings. The van der Waals surface area contributed by atoms with Crippen LogP contribution in [0.2, 0.25) is 0 Å². The van der Waals surface area contributed by atoms with Crippen LogP contribution in [-0.2, 0) is 4.74 Å². The summed E-state index contributed by atoms with van der Waals surface area (Å²) < 4.78 is 11.5. The average molecular weight is 376 g/mol. The zero-order valence-electron chi connectivity index (χ0n) is 15.5. The third-order valence-electron chi connectivity index (χ3n) is 4.63. The Bertz CT molecular complexity index is 1060. The van der Waals surface area contributed by atoms with Crippen molar-refractivity contribution >= 4 is 28.1 Å². The Kier molecular flexibility index (Phi) is 4.91. The highest BCUT2D eigenvalue weighted by molar-refractivity contribution is 5.95. The molecule has 0 amide bonds. The van der Waals surface area contributed by atoms with Crippen molar-refractivity contribution in [1.29, 1.82) is 5.26 Å². The van der Waals surface area contributed by atoms with Crippen molar-refractivity contribution in [2.24, 2.45) is 0 Å². The molecule has 1 saturated heterocycles. The van der Waals surface area contributed by atoms with Crippen LogP contribution in [0.5, 0.6) is 5.88 Å². The Labute approximate surface area is 162 Å². The number of nitriles is 1. The van der Waals surface area contributed by atoms with E-state index in [0.29, 0.717) is 42.0 Å². The fraction of sp³-hybridized carbons (Fsp3) is 0.300. The summed E-state index contributed by atoms with van der Waals surface area (Å²) in [6.45, 7) is 3.27. The molecule has 2 aromatic heterocycles. The van der Waals surface area contributed by atoms with Gasteiger partial charge in [0, 0.05) is 23.9 Å². The summed E-state index contributed by atoms with van der Waals surface area (Å²) in [4.78, 5) is 13.1. The van der Waals surface area contributed by atoms with E-state index in [1.165, 1.54) is 6.33 Å². The second-order valence-electron chi connectivity index (χ2n) is 6.67. The number of nitrogen functional groups attached to an aromatic ring is 1. The molecule has 1 aromatic carbocycles. The maximum atomic E-state index is 9.21. The first-order valence-electron chi connectivity index (χ1n) is 9.07. The van der Waals surface area contributed by atoms with Gasteiger partial charge in [-0.2, -0.15) is 5.26 Å². The summed E-state index contributed by atoms with van der Waals surface area (Å²) in [6, 6.07) is 9.18. The molecule has 0 radical (unpaired) electrons. The Morgan fingerprint density at radius 2 is 2.07 bits per heavy atom. The minimum absolute atomic E-state index is 0.000536. The second kappa shape index (κ2) is 7.66. The molecule has 8 nitrogen and oxygen atoms in total. The summed E-state index contributed by atoms with van der Waals surface area (Å²) >= 11 is 0. The highest BCUT2D eigenvalue weighted by Gasteiger charge is 2.19. The number of fused-ring (bicyclic) bond motifs is 1. The molecule has 3 aromatic rings. The maximum Gasteiger partial charge on any atom is 0.239 e. The van der Waals surface area contributed by atoms with E-state index in [0.717, 1.165) is 29.3 Å². The van der Waals surface area contributed by atoms with Crippen molar-refractivity contribution in [3.05, 3.63) is 41.9 Å². The highest BCUT2D eigenvalue weighted by Crippen LogP contribution is 2.32. The van der Waals surface area contributed by atoms with Crippen LogP contribution in [0.1, 0.15) is 24.1 Å². The molecule has 8 heteroatoms. The SMILES string of the molecule is Cc1cc(N)cc2ncnc(Nc3ccc(C#N)nc3OC3CCOCC3)c12. The fourth-order valence-corrected chi connectivity index (χ4v) is 3.28. The topological polar surface area (TPSA) is 119 Å². The molecule has 0 atom stereocenters. The zero-order chi connectivity index (χ0) is 19.5. The molecule has 0 unspecified atom stereocenters. The van der Waals surface area contributed by atoms with Crippen molar-refractivity contribution in [2.45, 2.75) is 25.9 Å². The molecule has 1 aliphatic heterocycles. The van der Waals surface area contributed by atoms with E-state index in [1.54, 1.807) is 12.1 Å². The molecule has 3 heterocycles. The van der Waals surface area contributed by atoms with Gasteiger partial charge in [0.2, 0.25) is 5.88 Å². The van der Waals surface area contributed by atoms with Gasteiger partial charge >= 0.3 is 0 Å². The van der Waals surface area contributed by atoms with Gasteiger partial charge in [-0.05, 0) is 36.8 Å². The molecule has 4 rings (SSSR count). The van der Waals surface area contributed by atoms with Gasteiger partial charge in [-0.3, -0.25) is 0 Å². The Morgan fingerprint density at radius 3 is 2.86 bits per heavy atom. The lowest BCUT2D eigenvalue weighted by molar-refractivity contribution is 0.0240. The van der Waals surface area contributed by atoms with Crippen molar-refractivity contribution < 1.29 is 9.47 Å². The molecular weight excluding hydrogens is 356 g/mol. The Morgan fingerprint density at radius 1 is 1.25 bits per heavy atom. The van der Waals surface area contributed by atoms with Gasteiger partial charge in [-0.25, -0.2) is 15.0 Å². The van der Waals surface area contributed by atoms with E-state index in [1.807, 2.05) is 19.1 Å². The standard InChI is InChI=1S/C20H20N6O2/c1-12-8-13(22)9-17-18(12)19(24-11-23-17)26-16-3-2-14(10-21)25-20(16)28-15-4-6-27-7-5-15/h2-3,8-9,11,15H,4-7,22H2,1H3,(H,23,24,26). The monoisotopic (exact) mass is 376 g/mol. The number of anilines is 3. The largest absolute Gasteiger partial charge is 0.473 e. The number of rotatable bonds is 4. The molecule has 0 saturated carbocycles. The maximum absolute atomic E-state index is 9.21. The van der Waals surface area contributed by atoms with E-state index in [2.05, 4.69) is 26.3 Å². The molecule has 28 heavy (non-hydrogen) atoms. The normalized spacial score (nSPS) is 14.6. The summed E-state index contributed by atoms with van der Waals surface area (Å²) in [5.41, 5.74) is 9.24. The summed E-state index contributed by atoms with van der Waals surface area (Å²) in [6.07, 6.45) is 3.05. The quantitative estimate of drug-likeness (QED) is 0.667. The van der Waals surface area contributed by atoms with Crippen molar-refractivity contribution in [1.82, 2.24) is 15.0 Å². The average Bonchev–Trinajstić information content (AvgIpc) is 2.69. The fourth-order valence-electron chi connectivity index (χ4n) is 3.28. The smallest absolute Gasteiger partial charge is 0.239 e. The van der Waals surface area contributed by atoms with Gasteiger partial charge in [-0.1, -0.05) is 0 Å². The van der Waals surface area contributed by atoms with Crippen LogP contribution < -0.4 is 15.8 Å². The predicted octanol–water partition coefficient (Wildman–Crippen LogP) is 3.09. The van der Waals surface area contributed by atoms with E-state index < -0.39 is 0 Å². The van der Waals surface area contributed by atoms with Crippen molar-refractivity contribution in [2.75, 3.05) is 24.3 Å². The molecule has 0 bridgehead atoms. The van der Waals surface area contributed by atoms with Gasteiger partial charge < -0.3 is 20.5 Å². The molecule has 3 N–H and O–H groups in total. The summed E-state index contributed by atoms with van der Waals surface area (Å²) in [7, 11) is 0. The molecule has 0 spiro atoms. The van der Waals surface area contributed by atoms with Crippen LogP contribution >= 0.6 is 0 Å². The lowest BCUT2D eigenvalue weighted by Gasteiger charge is -2.24. The number of aryl methyl sites for hydroxylation is 1. The van der Waals surface area contributed by atoms with Gasteiger partial charge in [0.05, 0.1) is 18.7 Å². The van der Waals surface area contributed by atoms with E-state index in [-0.39, 0.29) is 6.10 Å². The minimum Gasteiger partial charge on any atom is -0.473 e. The van der Waals surface area contributed by atoms with Gasteiger partial charge in [-0.15, -0.1) is 0 Å². The molecule has 142 valence electrons. The van der Waals surface area contributed by atoms with Crippen LogP contribution in [0.25, 0.3) is 10.9 Å². The molecule has 0 aliphatic carbocycles. The van der Waals surface area contributed by atoms with Crippen molar-refractivity contribution in [3.8, 4) is 11.9 Å². The first kappa shape index (κ1) is 17.9. The Balaban J connectivity index is 1.72. The van der Waals surface area contributed by atoms with Crippen LogP contribution in [-0.4, -0.2) is 34.3 Å². The first-order valence-corrected chi connectivity index (χ1v) is 9.07. The number of hydrogen-bond donors (Lipinski definition) is 2. The molecule has 1 fully saturated rings. The summed E-state index contributed by atoms with van der Waals surface area (Å²) in [5, 5.41) is 13.4. The zero-order valence-corrected chi connectivity index (χ0v) is 15.5. The van der Waals surface area contributed by atoms with E-state index in [9.17, 15) is 5.26 Å². The third kappa shape index (κ3) is 3.66. The van der Waals surface area contributed by atoms with Crippen LogP contribution in [0.3, 0.4) is 0 Å². The number of pyridine rings is 1. The number of nitrogens with zero attached hydrogens (tertiary/aromatic N) is 4. The number of nitrogens with two attached hydrogens (primary N) is 1. The van der Waals surface area contributed by atoms with Crippen molar-refractivity contribution in [3.63, 3.8) is 0 Å². The van der Waals surface area contributed by atoms with E-state index in [4.69, 9.17) is 15.2 Å². The predicted molar refractivity (Wildman–Crippen MR) is 105 cm³/mol. The number of hydrogen-bond acceptors (Lipinski definition) is 8. The van der Waals surface area contributed by atoms with Gasteiger partial charge in [0.25, 0.3) is 0 Å². The number of ether oxygens (including phenoxy) is 2. The number of aromatic nitrogens is 3. The van der Waals surface area contributed by atoms with E-state index >= 15 is 0 Å². The van der Waals surface area contributed by atoms with Crippen LogP contribution in [0, 0.1) is 18.3 Å². The Hall–Kier alpha value is -3.44. The highest BCUT2D eigenvalue weighted by atomic mass is 16.5. The first-order chi connectivity index (χ1) is 13.6. The lowest BCUT2D eigenvalue weighted by Crippen LogP contribution is -2.26. The lowest BCUT2D eigenvalue weighted by atomic mass is 10.1. The number of benzene rings is 1. The van der Waals surface area contributed by atoms with Crippen LogP contribution in [0.4, 0.5) is 17.2 Å². The van der Waals surface area contributed by atoms with Crippen LogP contribution in [0.15, 0.2) is 30.6 Å². The minimum atomic E-state index is -0.000536. The molecular formula is C20H20N6O2. The van der Waals surface area contributed by atoms with Gasteiger partial charge in [0.1, 0.15) is 35.7 Å². The third-order valence-corrected chi connectivity index (χ3v) is 4.63. The summed E-state index contributed by atoms with van der Waals surface area (Å²) in [5.74, 6) is 1.01. The second-order valence-corrected chi connectivity index (χ2v) is 6.67. The number of nitrogens with one attached hydrogen (secondary N) is 1.